The monoisotopic (exact) mass is 275 g/mol. The Kier molecular flexibility index (Phi) is 3.50. The molecule has 0 bridgehead atoms. The number of nitrogens with two attached hydrogens (primary N) is 1. The maximum absolute atomic E-state index is 13.2. The van der Waals surface area contributed by atoms with Gasteiger partial charge >= 0.3 is 0 Å². The Morgan fingerprint density at radius 3 is 3.00 bits per heavy atom. The molecule has 3 rings (SSSR count). The zero-order chi connectivity index (χ0) is 14.1. The Bertz CT molecular complexity index is 609. The first-order valence-electron chi connectivity index (χ1n) is 6.76. The molecule has 0 radical (unpaired) electrons. The lowest BCUT2D eigenvalue weighted by Crippen LogP contribution is -2.39. The highest BCUT2D eigenvalue weighted by molar-refractivity contribution is 5.30. The summed E-state index contributed by atoms with van der Waals surface area (Å²) in [6, 6.07) is 4.98. The molecule has 6 heteroatoms. The van der Waals surface area contributed by atoms with Crippen molar-refractivity contribution in [1.82, 2.24) is 19.7 Å². The van der Waals surface area contributed by atoms with Gasteiger partial charge < -0.3 is 10.3 Å². The number of benzene rings is 1. The van der Waals surface area contributed by atoms with Crippen LogP contribution in [-0.4, -0.2) is 32.8 Å². The second-order valence-corrected chi connectivity index (χ2v) is 5.16. The molecule has 1 atom stereocenters. The van der Waals surface area contributed by atoms with Crippen molar-refractivity contribution in [3.05, 3.63) is 47.3 Å². The summed E-state index contributed by atoms with van der Waals surface area (Å²) in [6.07, 6.45) is 1.76. The average Bonchev–Trinajstić information content (AvgIpc) is 2.89. The summed E-state index contributed by atoms with van der Waals surface area (Å²) in [5.74, 6) is 0.745. The number of halogens is 1. The largest absolute Gasteiger partial charge is 0.329 e. The van der Waals surface area contributed by atoms with Crippen LogP contribution in [0.25, 0.3) is 0 Å². The minimum Gasteiger partial charge on any atom is -0.329 e. The molecule has 0 spiro atoms. The number of nitrogens with zero attached hydrogens (tertiary/aromatic N) is 4. The summed E-state index contributed by atoms with van der Waals surface area (Å²) in [4.78, 5) is 2.28. The van der Waals surface area contributed by atoms with Crippen LogP contribution in [0.3, 0.4) is 0 Å². The molecule has 5 nitrogen and oxygen atoms in total. The molecule has 0 aliphatic carbocycles. The predicted molar refractivity (Wildman–Crippen MR) is 73.4 cm³/mol. The fraction of sp³-hybridized carbons (Fsp3) is 0.429. The van der Waals surface area contributed by atoms with E-state index >= 15 is 0 Å². The molecule has 2 heterocycles. The first-order chi connectivity index (χ1) is 9.69. The van der Waals surface area contributed by atoms with Crippen LogP contribution in [0.5, 0.6) is 0 Å². The number of aromatic nitrogens is 3. The Morgan fingerprint density at radius 1 is 1.40 bits per heavy atom. The second-order valence-electron chi connectivity index (χ2n) is 5.16. The third-order valence-electron chi connectivity index (χ3n) is 3.92. The van der Waals surface area contributed by atoms with Crippen molar-refractivity contribution in [1.29, 1.82) is 0 Å². The predicted octanol–water partition coefficient (Wildman–Crippen LogP) is 1.24. The molecule has 0 saturated heterocycles. The average molecular weight is 275 g/mol. The first kappa shape index (κ1) is 13.2. The molecule has 1 aromatic heterocycles. The normalized spacial score (nSPS) is 16.9. The van der Waals surface area contributed by atoms with Gasteiger partial charge in [0.25, 0.3) is 0 Å². The van der Waals surface area contributed by atoms with Crippen LogP contribution in [-0.2, 0) is 13.1 Å². The van der Waals surface area contributed by atoms with E-state index in [-0.39, 0.29) is 11.9 Å². The van der Waals surface area contributed by atoms with Gasteiger partial charge in [0.15, 0.2) is 0 Å². The third kappa shape index (κ3) is 2.32. The van der Waals surface area contributed by atoms with Crippen LogP contribution in [0.2, 0.25) is 0 Å². The molecule has 0 fully saturated rings. The van der Waals surface area contributed by atoms with Gasteiger partial charge in [0, 0.05) is 25.7 Å². The van der Waals surface area contributed by atoms with Crippen molar-refractivity contribution < 1.29 is 4.39 Å². The van der Waals surface area contributed by atoms with Crippen LogP contribution in [0.4, 0.5) is 4.39 Å². The van der Waals surface area contributed by atoms with Crippen molar-refractivity contribution in [3.63, 3.8) is 0 Å². The Balaban J connectivity index is 1.87. The summed E-state index contributed by atoms with van der Waals surface area (Å²) in [5.41, 5.74) is 7.98. The van der Waals surface area contributed by atoms with Gasteiger partial charge in [-0.25, -0.2) is 4.39 Å². The maximum atomic E-state index is 13.2. The molecule has 1 aliphatic heterocycles. The second kappa shape index (κ2) is 5.30. The molecular formula is C14H18FN5. The number of rotatable bonds is 3. The van der Waals surface area contributed by atoms with E-state index in [0.717, 1.165) is 36.6 Å². The van der Waals surface area contributed by atoms with Gasteiger partial charge in [-0.15, -0.1) is 10.2 Å². The van der Waals surface area contributed by atoms with Crippen molar-refractivity contribution in [2.45, 2.75) is 26.1 Å². The molecule has 1 aromatic carbocycles. The van der Waals surface area contributed by atoms with Gasteiger partial charge in [-0.1, -0.05) is 6.07 Å². The van der Waals surface area contributed by atoms with E-state index in [4.69, 9.17) is 5.73 Å². The lowest BCUT2D eigenvalue weighted by Gasteiger charge is -2.34. The smallest absolute Gasteiger partial charge is 0.147 e. The van der Waals surface area contributed by atoms with Crippen LogP contribution in [0.15, 0.2) is 24.5 Å². The molecular weight excluding hydrogens is 257 g/mol. The topological polar surface area (TPSA) is 60.0 Å². The van der Waals surface area contributed by atoms with Crippen LogP contribution in [0, 0.1) is 12.7 Å². The fourth-order valence-electron chi connectivity index (χ4n) is 2.84. The number of fused-ring (bicyclic) bond motifs is 1. The summed E-state index contributed by atoms with van der Waals surface area (Å²) >= 11 is 0. The van der Waals surface area contributed by atoms with Gasteiger partial charge in [-0.2, -0.15) is 0 Å². The van der Waals surface area contributed by atoms with E-state index in [9.17, 15) is 4.39 Å². The molecule has 20 heavy (non-hydrogen) atoms. The van der Waals surface area contributed by atoms with E-state index < -0.39 is 0 Å². The van der Waals surface area contributed by atoms with Crippen molar-refractivity contribution >= 4 is 0 Å². The lowest BCUT2D eigenvalue weighted by atomic mass is 9.99. The van der Waals surface area contributed by atoms with E-state index in [1.54, 1.807) is 12.4 Å². The summed E-state index contributed by atoms with van der Waals surface area (Å²) in [5, 5.41) is 8.06. The molecule has 0 saturated carbocycles. The molecule has 2 N–H and O–H groups in total. The fourth-order valence-corrected chi connectivity index (χ4v) is 2.84. The minimum absolute atomic E-state index is 0.0843. The van der Waals surface area contributed by atoms with Gasteiger partial charge in [-0.3, -0.25) is 4.90 Å². The van der Waals surface area contributed by atoms with E-state index in [1.807, 2.05) is 13.0 Å². The van der Waals surface area contributed by atoms with Crippen LogP contribution >= 0.6 is 0 Å². The highest BCUT2D eigenvalue weighted by atomic mass is 19.1. The molecule has 0 amide bonds. The zero-order valence-electron chi connectivity index (χ0n) is 11.5. The zero-order valence-corrected chi connectivity index (χ0v) is 11.5. The van der Waals surface area contributed by atoms with Crippen molar-refractivity contribution in [2.24, 2.45) is 5.73 Å². The van der Waals surface area contributed by atoms with Gasteiger partial charge in [-0.05, 0) is 30.2 Å². The number of hydrogen-bond donors (Lipinski definition) is 1. The van der Waals surface area contributed by atoms with E-state index in [0.29, 0.717) is 6.54 Å². The van der Waals surface area contributed by atoms with E-state index in [1.165, 1.54) is 6.07 Å². The van der Waals surface area contributed by atoms with Crippen LogP contribution in [0.1, 0.15) is 23.0 Å². The Morgan fingerprint density at radius 2 is 2.25 bits per heavy atom. The van der Waals surface area contributed by atoms with Crippen LogP contribution < -0.4 is 5.73 Å². The maximum Gasteiger partial charge on any atom is 0.147 e. The SMILES string of the molecule is Cc1cc(F)ccc1C(CN)N1CCn2cnnc2C1. The summed E-state index contributed by atoms with van der Waals surface area (Å²) in [7, 11) is 0. The highest BCUT2D eigenvalue weighted by Gasteiger charge is 2.25. The standard InChI is InChI=1S/C14H18FN5/c1-10-6-11(15)2-3-12(10)13(7-16)19-4-5-20-9-17-18-14(20)8-19/h2-3,6,9,13H,4-5,7-8,16H2,1H3. The number of aryl methyl sites for hydroxylation is 1. The Hall–Kier alpha value is -1.79. The molecule has 1 aliphatic rings. The van der Waals surface area contributed by atoms with Gasteiger partial charge in [0.1, 0.15) is 18.0 Å². The van der Waals surface area contributed by atoms with Gasteiger partial charge in [0.2, 0.25) is 0 Å². The first-order valence-corrected chi connectivity index (χ1v) is 6.76. The minimum atomic E-state index is -0.208. The summed E-state index contributed by atoms with van der Waals surface area (Å²) < 4.78 is 15.3. The van der Waals surface area contributed by atoms with E-state index in [2.05, 4.69) is 19.7 Å². The summed E-state index contributed by atoms with van der Waals surface area (Å²) in [6.45, 7) is 4.90. The molecule has 106 valence electrons. The quantitative estimate of drug-likeness (QED) is 0.915. The Labute approximate surface area is 117 Å². The van der Waals surface area contributed by atoms with Crippen molar-refractivity contribution in [3.8, 4) is 0 Å². The third-order valence-corrected chi connectivity index (χ3v) is 3.92. The number of hydrogen-bond acceptors (Lipinski definition) is 4. The lowest BCUT2D eigenvalue weighted by molar-refractivity contribution is 0.156. The molecule has 2 aromatic rings. The molecule has 1 unspecified atom stereocenters. The van der Waals surface area contributed by atoms with Gasteiger partial charge in [0.05, 0.1) is 6.54 Å². The van der Waals surface area contributed by atoms with Crippen molar-refractivity contribution in [2.75, 3.05) is 13.1 Å². The highest BCUT2D eigenvalue weighted by Crippen LogP contribution is 2.26.